The maximum Gasteiger partial charge on any atom is 0.330 e. The average Bonchev–Trinajstić information content (AvgIpc) is 3.29. The first-order chi connectivity index (χ1) is 32.3. The van der Waals surface area contributed by atoms with Crippen LogP contribution >= 0.6 is 0 Å². The van der Waals surface area contributed by atoms with E-state index in [1.54, 1.807) is 33.1 Å². The summed E-state index contributed by atoms with van der Waals surface area (Å²) < 4.78 is 53.2. The molecule has 0 unspecified atom stereocenters. The molecule has 69 heavy (non-hydrogen) atoms. The van der Waals surface area contributed by atoms with E-state index >= 15 is 0 Å². The lowest BCUT2D eigenvalue weighted by Crippen LogP contribution is -2.65. The lowest BCUT2D eigenvalue weighted by atomic mass is 9.75. The fraction of sp³-hybridized carbons (Fsp3) is 0.759. The molecule has 0 aromatic rings. The van der Waals surface area contributed by atoms with E-state index in [0.717, 1.165) is 57.8 Å². The molecule has 0 aliphatic carbocycles. The van der Waals surface area contributed by atoms with Crippen LogP contribution in [0.25, 0.3) is 0 Å². The molecule has 2 aliphatic rings. The lowest BCUT2D eigenvalue weighted by Gasteiger charge is -2.54. The first kappa shape index (κ1) is 63.5. The number of carbonyl (C=O) groups is 5. The molecule has 15 heteroatoms. The van der Waals surface area contributed by atoms with E-state index in [-0.39, 0.29) is 23.5 Å². The van der Waals surface area contributed by atoms with Gasteiger partial charge in [-0.15, -0.1) is 13.2 Å². The summed E-state index contributed by atoms with van der Waals surface area (Å²) >= 11 is 0. The predicted octanol–water partition coefficient (Wildman–Crippen LogP) is 11.4. The Morgan fingerprint density at radius 1 is 0.652 bits per heavy atom. The van der Waals surface area contributed by atoms with Crippen molar-refractivity contribution < 1.29 is 66.3 Å². The zero-order valence-corrected chi connectivity index (χ0v) is 46.3. The van der Waals surface area contributed by atoms with Crippen molar-refractivity contribution in [1.29, 1.82) is 0 Å². The van der Waals surface area contributed by atoms with Crippen LogP contribution in [0.5, 0.6) is 0 Å². The summed E-state index contributed by atoms with van der Waals surface area (Å²) in [7, 11) is 3.46. The summed E-state index contributed by atoms with van der Waals surface area (Å²) in [6.07, 6.45) is 16.5. The van der Waals surface area contributed by atoms with Gasteiger partial charge in [0.2, 0.25) is 11.6 Å². The number of aldehydes is 1. The molecule has 0 amide bonds. The fourth-order valence-corrected chi connectivity index (χ4v) is 9.46. The molecule has 0 aromatic carbocycles. The number of unbranched alkanes of at least 4 members (excludes halogenated alkanes) is 8. The van der Waals surface area contributed by atoms with Crippen LogP contribution in [0.15, 0.2) is 48.6 Å². The number of rotatable bonds is 28. The van der Waals surface area contributed by atoms with Gasteiger partial charge in [0.1, 0.15) is 6.29 Å². The quantitative estimate of drug-likeness (QED) is 0.0138. The molecule has 14 nitrogen and oxygen atoms in total. The summed E-state index contributed by atoms with van der Waals surface area (Å²) in [5.41, 5.74) is -0.834. The largest absolute Gasteiger partial charge is 0.466 e. The van der Waals surface area contributed by atoms with Crippen molar-refractivity contribution in [3.8, 4) is 0 Å². The SMILES string of the molecule is C=CC[C@@H]1C/C(=C\C(=O)OC)[C@H](OC(=O)CCCCCCC)[C@](OC)(C(C)(C)C=O)O1.C=CC[C@@H]1C/C(=C\C(=O)OC)[C@H](OC(=O)CCCCCCC)[C@](OC)(C(C)(C)CO[Si](C)(C)C(C)(C)C)O1. The van der Waals surface area contributed by atoms with Gasteiger partial charge in [-0.2, -0.15) is 0 Å². The van der Waals surface area contributed by atoms with Crippen LogP contribution < -0.4 is 0 Å². The minimum Gasteiger partial charge on any atom is -0.466 e. The maximum atomic E-state index is 13.1. The van der Waals surface area contributed by atoms with E-state index in [1.165, 1.54) is 33.5 Å². The Labute approximate surface area is 417 Å². The molecule has 0 saturated carbocycles. The number of esters is 4. The Morgan fingerprint density at radius 2 is 1.04 bits per heavy atom. The van der Waals surface area contributed by atoms with Crippen molar-refractivity contribution in [1.82, 2.24) is 0 Å². The molecule has 2 aliphatic heterocycles. The maximum absolute atomic E-state index is 13.1. The Bertz CT molecular complexity index is 1710. The first-order valence-electron chi connectivity index (χ1n) is 25.0. The van der Waals surface area contributed by atoms with Gasteiger partial charge in [-0.05, 0) is 81.7 Å². The third kappa shape index (κ3) is 18.3. The highest BCUT2D eigenvalue weighted by Gasteiger charge is 2.61. The lowest BCUT2D eigenvalue weighted by molar-refractivity contribution is -0.348. The van der Waals surface area contributed by atoms with Gasteiger partial charge in [-0.1, -0.05) is 112 Å². The number of ether oxygens (including phenoxy) is 8. The molecule has 2 saturated heterocycles. The summed E-state index contributed by atoms with van der Waals surface area (Å²) in [5.74, 6) is -4.84. The monoisotopic (exact) mass is 993 g/mol. The topological polar surface area (TPSA) is 168 Å². The van der Waals surface area contributed by atoms with Crippen LogP contribution in [0, 0.1) is 10.8 Å². The molecule has 2 fully saturated rings. The smallest absolute Gasteiger partial charge is 0.330 e. The van der Waals surface area contributed by atoms with Crippen LogP contribution in [0.1, 0.15) is 165 Å². The Morgan fingerprint density at radius 3 is 1.39 bits per heavy atom. The third-order valence-electron chi connectivity index (χ3n) is 13.7. The Balaban J connectivity index is 0.000000704. The van der Waals surface area contributed by atoms with E-state index < -0.39 is 66.9 Å². The molecule has 0 N–H and O–H groups in total. The van der Waals surface area contributed by atoms with Gasteiger partial charge in [0, 0.05) is 51.2 Å². The standard InChI is InChI=1S/C30H54O7Si.C24H38O7/c1-12-14-15-16-17-19-25(31)36-27-23(21-26(32)33-8)20-24(18-13-2)37-30(27,34-9)29(6,7)22-35-38(10,11)28(3,4)5;1-7-9-10-11-12-14-20(26)30-22-18(16-21(27)28-5)15-19(13-8-2)31-24(22,29-6)23(3,4)17-25/h13,21,24,27H,2,12,14-20,22H2,1,3-11H3;8,16-17,19,22H,2,7,9-15H2,1,3-6H3/b23-21+;18-16+/t24-,27+,30-;19-,22+,24-/m11/s1. The molecular weight excluding hydrogens is 901 g/mol. The van der Waals surface area contributed by atoms with E-state index in [1.807, 2.05) is 13.8 Å². The molecular formula is C54H92O14Si. The molecule has 396 valence electrons. The highest BCUT2D eigenvalue weighted by atomic mass is 28.4. The Kier molecular flexibility index (Phi) is 27.4. The van der Waals surface area contributed by atoms with Gasteiger partial charge < -0.3 is 47.1 Å². The second kappa shape index (κ2) is 29.8. The van der Waals surface area contributed by atoms with E-state index in [2.05, 4.69) is 60.9 Å². The molecule has 2 rings (SSSR count). The second-order valence-electron chi connectivity index (χ2n) is 21.0. The zero-order valence-electron chi connectivity index (χ0n) is 45.3. The van der Waals surface area contributed by atoms with Crippen molar-refractivity contribution in [2.45, 2.75) is 219 Å². The molecule has 6 atom stereocenters. The first-order valence-corrected chi connectivity index (χ1v) is 28.0. The van der Waals surface area contributed by atoms with E-state index in [9.17, 15) is 24.0 Å². The van der Waals surface area contributed by atoms with Gasteiger partial charge in [0.05, 0.1) is 31.8 Å². The van der Waals surface area contributed by atoms with Crippen molar-refractivity contribution in [3.63, 3.8) is 0 Å². The molecule has 2 heterocycles. The minimum atomic E-state index is -2.11. The highest BCUT2D eigenvalue weighted by Crippen LogP contribution is 2.50. The van der Waals surface area contributed by atoms with Gasteiger partial charge in [0.15, 0.2) is 20.5 Å². The summed E-state index contributed by atoms with van der Waals surface area (Å²) in [6, 6.07) is 0. The zero-order chi connectivity index (χ0) is 52.7. The van der Waals surface area contributed by atoms with Gasteiger partial charge in [-0.25, -0.2) is 9.59 Å². The summed E-state index contributed by atoms with van der Waals surface area (Å²) in [6.45, 7) is 30.5. The van der Waals surface area contributed by atoms with Crippen LogP contribution in [0.4, 0.5) is 0 Å². The number of hydrogen-bond acceptors (Lipinski definition) is 14. The van der Waals surface area contributed by atoms with Crippen molar-refractivity contribution in [2.75, 3.05) is 35.0 Å². The summed E-state index contributed by atoms with van der Waals surface area (Å²) in [4.78, 5) is 62.3. The number of hydrogen-bond donors (Lipinski definition) is 0. The van der Waals surface area contributed by atoms with E-state index in [0.29, 0.717) is 62.6 Å². The van der Waals surface area contributed by atoms with Gasteiger partial charge in [0.25, 0.3) is 0 Å². The normalized spacial score (nSPS) is 24.4. The van der Waals surface area contributed by atoms with Crippen LogP contribution in [0.3, 0.4) is 0 Å². The fourth-order valence-electron chi connectivity index (χ4n) is 8.30. The van der Waals surface area contributed by atoms with Crippen molar-refractivity contribution in [2.24, 2.45) is 10.8 Å². The third-order valence-corrected chi connectivity index (χ3v) is 18.1. The molecule has 0 aromatic heterocycles. The van der Waals surface area contributed by atoms with Crippen LogP contribution in [-0.2, 0) is 66.3 Å². The molecule has 0 bridgehead atoms. The van der Waals surface area contributed by atoms with Gasteiger partial charge >= 0.3 is 23.9 Å². The van der Waals surface area contributed by atoms with E-state index in [4.69, 9.17) is 42.3 Å². The van der Waals surface area contributed by atoms with Crippen LogP contribution in [0.2, 0.25) is 18.1 Å². The van der Waals surface area contributed by atoms with Crippen LogP contribution in [-0.4, -0.2) is 110 Å². The number of methoxy groups -OCH3 is 4. The predicted molar refractivity (Wildman–Crippen MR) is 272 cm³/mol. The number of carbonyl (C=O) groups excluding carboxylic acids is 5. The summed E-state index contributed by atoms with van der Waals surface area (Å²) in [5, 5.41) is 0.0156. The molecule has 0 spiro atoms. The molecule has 0 radical (unpaired) electrons. The van der Waals surface area contributed by atoms with Gasteiger partial charge in [-0.3, -0.25) is 9.59 Å². The van der Waals surface area contributed by atoms with Crippen molar-refractivity contribution >= 4 is 38.5 Å². The van der Waals surface area contributed by atoms with Crippen molar-refractivity contribution in [3.05, 3.63) is 48.6 Å². The Hall–Kier alpha value is -3.47. The average molecular weight is 993 g/mol. The minimum absolute atomic E-state index is 0.0156. The highest BCUT2D eigenvalue weighted by molar-refractivity contribution is 6.74. The second-order valence-corrected chi connectivity index (χ2v) is 25.8.